The van der Waals surface area contributed by atoms with Crippen molar-refractivity contribution in [2.24, 2.45) is 5.92 Å². The van der Waals surface area contributed by atoms with Gasteiger partial charge in [0, 0.05) is 10.6 Å². The van der Waals surface area contributed by atoms with E-state index in [0.29, 0.717) is 12.4 Å². The summed E-state index contributed by atoms with van der Waals surface area (Å²) in [5.74, 6) is 1.70. The van der Waals surface area contributed by atoms with E-state index >= 15 is 0 Å². The molecule has 4 heteroatoms. The maximum Gasteiger partial charge on any atom is 0.118 e. The van der Waals surface area contributed by atoms with E-state index in [4.69, 9.17) is 9.47 Å². The van der Waals surface area contributed by atoms with Crippen LogP contribution < -0.4 is 4.74 Å². The summed E-state index contributed by atoms with van der Waals surface area (Å²) in [5, 5.41) is 10.5. The molecule has 0 aliphatic rings. The first-order valence-corrected chi connectivity index (χ1v) is 9.19. The van der Waals surface area contributed by atoms with Crippen molar-refractivity contribution in [3.8, 4) is 5.75 Å². The van der Waals surface area contributed by atoms with Gasteiger partial charge in [-0.2, -0.15) is 0 Å². The van der Waals surface area contributed by atoms with Crippen LogP contribution in [0.3, 0.4) is 0 Å². The molecule has 0 unspecified atom stereocenters. The summed E-state index contributed by atoms with van der Waals surface area (Å²) in [7, 11) is 1.65. The summed E-state index contributed by atoms with van der Waals surface area (Å²) in [6.07, 6.45) is -0.697. The van der Waals surface area contributed by atoms with Crippen LogP contribution in [0.5, 0.6) is 5.75 Å². The first-order valence-electron chi connectivity index (χ1n) is 8.20. The highest BCUT2D eigenvalue weighted by molar-refractivity contribution is 7.99. The third-order valence-electron chi connectivity index (χ3n) is 3.80. The average molecular weight is 346 g/mol. The van der Waals surface area contributed by atoms with E-state index in [0.717, 1.165) is 16.2 Å². The van der Waals surface area contributed by atoms with Gasteiger partial charge in [-0.25, -0.2) is 0 Å². The molecule has 0 amide bonds. The molecule has 130 valence electrons. The topological polar surface area (TPSA) is 38.7 Å². The Morgan fingerprint density at radius 2 is 1.67 bits per heavy atom. The summed E-state index contributed by atoms with van der Waals surface area (Å²) in [6, 6.07) is 17.9. The van der Waals surface area contributed by atoms with E-state index in [-0.39, 0.29) is 12.0 Å². The Balaban J connectivity index is 1.87. The molecule has 0 aliphatic carbocycles. The lowest BCUT2D eigenvalue weighted by Crippen LogP contribution is -2.35. The number of thioether (sulfide) groups is 1. The van der Waals surface area contributed by atoms with Crippen LogP contribution in [-0.2, 0) is 11.3 Å². The molecule has 3 nitrogen and oxygen atoms in total. The molecule has 2 atom stereocenters. The molecule has 2 aromatic carbocycles. The Bertz CT molecular complexity index is 584. The van der Waals surface area contributed by atoms with E-state index in [1.807, 2.05) is 42.5 Å². The smallest absolute Gasteiger partial charge is 0.118 e. The highest BCUT2D eigenvalue weighted by Crippen LogP contribution is 2.23. The van der Waals surface area contributed by atoms with Gasteiger partial charge in [0.05, 0.1) is 25.9 Å². The van der Waals surface area contributed by atoms with Gasteiger partial charge in [0.15, 0.2) is 0 Å². The molecule has 0 bridgehead atoms. The van der Waals surface area contributed by atoms with E-state index < -0.39 is 6.10 Å². The first kappa shape index (κ1) is 18.8. The zero-order chi connectivity index (χ0) is 17.4. The molecule has 0 aliphatic heterocycles. The fourth-order valence-electron chi connectivity index (χ4n) is 2.46. The zero-order valence-electron chi connectivity index (χ0n) is 14.5. The van der Waals surface area contributed by atoms with Crippen molar-refractivity contribution < 1.29 is 14.6 Å². The Morgan fingerprint density at radius 1 is 1.00 bits per heavy atom. The van der Waals surface area contributed by atoms with Crippen LogP contribution in [0.2, 0.25) is 0 Å². The third-order valence-corrected chi connectivity index (χ3v) is 4.92. The molecule has 1 N–H and O–H groups in total. The standard InChI is InChI=1S/C20H26O3S/c1-15(2)20(19(21)14-24-18-7-5-4-6-8-18)23-13-16-9-11-17(22-3)12-10-16/h4-12,15,19-21H,13-14H2,1-3H3/t19-,20+/m0/s1. The van der Waals surface area contributed by atoms with Gasteiger partial charge in [-0.05, 0) is 35.7 Å². The molecule has 0 aromatic heterocycles. The van der Waals surface area contributed by atoms with Crippen molar-refractivity contribution in [2.45, 2.75) is 37.6 Å². The second-order valence-corrected chi connectivity index (χ2v) is 7.15. The van der Waals surface area contributed by atoms with E-state index in [1.54, 1.807) is 18.9 Å². The molecule has 0 saturated carbocycles. The van der Waals surface area contributed by atoms with Crippen LogP contribution in [0.1, 0.15) is 19.4 Å². The first-order chi connectivity index (χ1) is 11.6. The second-order valence-electron chi connectivity index (χ2n) is 6.06. The lowest BCUT2D eigenvalue weighted by atomic mass is 10.0. The van der Waals surface area contributed by atoms with Crippen LogP contribution in [0.25, 0.3) is 0 Å². The number of hydrogen-bond donors (Lipinski definition) is 1. The minimum Gasteiger partial charge on any atom is -0.497 e. The zero-order valence-corrected chi connectivity index (χ0v) is 15.3. The Labute approximate surface area is 149 Å². The molecule has 0 spiro atoms. The van der Waals surface area contributed by atoms with Gasteiger partial charge >= 0.3 is 0 Å². The number of aliphatic hydroxyl groups excluding tert-OH is 1. The van der Waals surface area contributed by atoms with Crippen LogP contribution in [0.15, 0.2) is 59.5 Å². The Morgan fingerprint density at radius 3 is 2.25 bits per heavy atom. The molecule has 0 radical (unpaired) electrons. The summed E-state index contributed by atoms with van der Waals surface area (Å²) >= 11 is 1.65. The number of methoxy groups -OCH3 is 1. The molecule has 2 aromatic rings. The van der Waals surface area contributed by atoms with Crippen LogP contribution in [0, 0.1) is 5.92 Å². The maximum absolute atomic E-state index is 10.5. The summed E-state index contributed by atoms with van der Waals surface area (Å²) < 4.78 is 11.2. The van der Waals surface area contributed by atoms with Crippen molar-refractivity contribution >= 4 is 11.8 Å². The second kappa shape index (κ2) is 9.72. The number of hydrogen-bond acceptors (Lipinski definition) is 4. The van der Waals surface area contributed by atoms with Gasteiger partial charge in [-0.3, -0.25) is 0 Å². The fourth-order valence-corrected chi connectivity index (χ4v) is 3.36. The van der Waals surface area contributed by atoms with Crippen molar-refractivity contribution in [1.29, 1.82) is 0 Å². The molecule has 0 fully saturated rings. The van der Waals surface area contributed by atoms with Gasteiger partial charge in [-0.15, -0.1) is 11.8 Å². The monoisotopic (exact) mass is 346 g/mol. The number of aliphatic hydroxyl groups is 1. The summed E-state index contributed by atoms with van der Waals surface area (Å²) in [6.45, 7) is 4.64. The Kier molecular flexibility index (Phi) is 7.63. The third kappa shape index (κ3) is 5.86. The summed E-state index contributed by atoms with van der Waals surface area (Å²) in [4.78, 5) is 1.16. The number of ether oxygens (including phenoxy) is 2. The van der Waals surface area contributed by atoms with Gasteiger partial charge < -0.3 is 14.6 Å². The normalized spacial score (nSPS) is 13.7. The molecule has 0 saturated heterocycles. The predicted molar refractivity (Wildman–Crippen MR) is 99.6 cm³/mol. The molecule has 24 heavy (non-hydrogen) atoms. The van der Waals surface area contributed by atoms with Gasteiger partial charge in [-0.1, -0.05) is 44.2 Å². The minimum absolute atomic E-state index is 0.191. The summed E-state index contributed by atoms with van der Waals surface area (Å²) in [5.41, 5.74) is 1.07. The fraction of sp³-hybridized carbons (Fsp3) is 0.400. The maximum atomic E-state index is 10.5. The molecule has 0 heterocycles. The number of benzene rings is 2. The van der Waals surface area contributed by atoms with Gasteiger partial charge in [0.25, 0.3) is 0 Å². The quantitative estimate of drug-likeness (QED) is 0.684. The van der Waals surface area contributed by atoms with Crippen molar-refractivity contribution in [2.75, 3.05) is 12.9 Å². The predicted octanol–water partition coefficient (Wildman–Crippen LogP) is 4.39. The van der Waals surface area contributed by atoms with Crippen molar-refractivity contribution in [1.82, 2.24) is 0 Å². The average Bonchev–Trinajstić information content (AvgIpc) is 2.61. The lowest BCUT2D eigenvalue weighted by molar-refractivity contribution is -0.0602. The van der Waals surface area contributed by atoms with Gasteiger partial charge in [0.2, 0.25) is 0 Å². The van der Waals surface area contributed by atoms with Crippen molar-refractivity contribution in [3.05, 3.63) is 60.2 Å². The number of rotatable bonds is 9. The van der Waals surface area contributed by atoms with E-state index in [9.17, 15) is 5.11 Å². The molecular weight excluding hydrogens is 320 g/mol. The Hall–Kier alpha value is -1.49. The largest absolute Gasteiger partial charge is 0.497 e. The molecular formula is C20H26O3S. The lowest BCUT2D eigenvalue weighted by Gasteiger charge is -2.26. The van der Waals surface area contributed by atoms with Crippen LogP contribution >= 0.6 is 11.8 Å². The van der Waals surface area contributed by atoms with Crippen LogP contribution in [0.4, 0.5) is 0 Å². The van der Waals surface area contributed by atoms with Crippen molar-refractivity contribution in [3.63, 3.8) is 0 Å². The van der Waals surface area contributed by atoms with Gasteiger partial charge in [0.1, 0.15) is 5.75 Å². The van der Waals surface area contributed by atoms with E-state index in [2.05, 4.69) is 26.0 Å². The van der Waals surface area contributed by atoms with E-state index in [1.165, 1.54) is 0 Å². The minimum atomic E-state index is -0.506. The highest BCUT2D eigenvalue weighted by atomic mass is 32.2. The SMILES string of the molecule is COc1ccc(CO[C@H](C(C)C)[C@@H](O)CSc2ccccc2)cc1. The van der Waals surface area contributed by atoms with Crippen LogP contribution in [-0.4, -0.2) is 30.2 Å². The highest BCUT2D eigenvalue weighted by Gasteiger charge is 2.23. The molecule has 2 rings (SSSR count).